The van der Waals surface area contributed by atoms with Crippen molar-refractivity contribution in [3.63, 3.8) is 0 Å². The molecule has 0 atom stereocenters. The van der Waals surface area contributed by atoms with E-state index in [1.807, 2.05) is 6.07 Å². The molecule has 1 aromatic heterocycles. The summed E-state index contributed by atoms with van der Waals surface area (Å²) in [6.45, 7) is 4.30. The van der Waals surface area contributed by atoms with E-state index >= 15 is 0 Å². The quantitative estimate of drug-likeness (QED) is 0.720. The lowest BCUT2D eigenvalue weighted by molar-refractivity contribution is 0.271. The second kappa shape index (κ2) is 4.81. The van der Waals surface area contributed by atoms with Gasteiger partial charge in [0.05, 0.1) is 19.0 Å². The molecule has 0 fully saturated rings. The van der Waals surface area contributed by atoms with E-state index in [2.05, 4.69) is 24.3 Å². The Morgan fingerprint density at radius 2 is 2.29 bits per heavy atom. The predicted octanol–water partition coefficient (Wildman–Crippen LogP) is 1.84. The number of aromatic nitrogens is 1. The molecular weight excluding hydrogens is 178 g/mol. The molecule has 0 amide bonds. The first kappa shape index (κ1) is 10.8. The van der Waals surface area contributed by atoms with Crippen molar-refractivity contribution in [3.8, 4) is 0 Å². The van der Waals surface area contributed by atoms with Crippen LogP contribution in [0.5, 0.6) is 0 Å². The molecule has 78 valence electrons. The van der Waals surface area contributed by atoms with Crippen LogP contribution in [0.1, 0.15) is 19.4 Å². The van der Waals surface area contributed by atoms with Crippen LogP contribution in [0.4, 0.5) is 11.5 Å². The Balaban J connectivity index is 2.84. The molecule has 0 saturated heterocycles. The van der Waals surface area contributed by atoms with Gasteiger partial charge in [-0.05, 0) is 24.0 Å². The first-order valence-corrected chi connectivity index (χ1v) is 4.67. The number of pyridine rings is 1. The van der Waals surface area contributed by atoms with Crippen LogP contribution < -0.4 is 11.2 Å². The zero-order valence-electron chi connectivity index (χ0n) is 8.87. The summed E-state index contributed by atoms with van der Waals surface area (Å²) in [5.41, 5.74) is 10.4. The second-order valence-electron chi connectivity index (χ2n) is 3.67. The highest BCUT2D eigenvalue weighted by molar-refractivity contribution is 5.50. The average Bonchev–Trinajstić information content (AvgIpc) is 2.10. The molecule has 1 aromatic rings. The highest BCUT2D eigenvalue weighted by atomic mass is 16.6. The fraction of sp³-hybridized carbons (Fsp3) is 0.500. The largest absolute Gasteiger partial charge is 0.383 e. The van der Waals surface area contributed by atoms with Gasteiger partial charge in [0, 0.05) is 0 Å². The first-order chi connectivity index (χ1) is 6.63. The van der Waals surface area contributed by atoms with Crippen LogP contribution in [-0.2, 0) is 11.3 Å². The van der Waals surface area contributed by atoms with Crippen LogP contribution >= 0.6 is 0 Å². The fourth-order valence-electron chi connectivity index (χ4n) is 1.30. The van der Waals surface area contributed by atoms with Crippen LogP contribution in [-0.4, -0.2) is 12.1 Å². The van der Waals surface area contributed by atoms with E-state index in [1.165, 1.54) is 0 Å². The molecule has 4 nitrogen and oxygen atoms in total. The van der Waals surface area contributed by atoms with Gasteiger partial charge in [0.2, 0.25) is 0 Å². The molecule has 0 spiro atoms. The summed E-state index contributed by atoms with van der Waals surface area (Å²) in [6, 6.07) is 1.96. The first-order valence-electron chi connectivity index (χ1n) is 4.67. The summed E-state index contributed by atoms with van der Waals surface area (Å²) in [5, 5.41) is 0. The molecule has 0 aliphatic carbocycles. The highest BCUT2D eigenvalue weighted by Gasteiger charge is 2.04. The molecule has 0 saturated carbocycles. The molecule has 0 aliphatic rings. The SMILES string of the molecule is CONc1cnc(N)c(CC(C)C)c1. The number of nitrogens with zero attached hydrogens (tertiary/aromatic N) is 1. The third kappa shape index (κ3) is 2.88. The lowest BCUT2D eigenvalue weighted by Crippen LogP contribution is -2.04. The van der Waals surface area contributed by atoms with Gasteiger partial charge in [-0.1, -0.05) is 13.8 Å². The van der Waals surface area contributed by atoms with Gasteiger partial charge in [-0.2, -0.15) is 0 Å². The monoisotopic (exact) mass is 195 g/mol. The summed E-state index contributed by atoms with van der Waals surface area (Å²) < 4.78 is 0. The van der Waals surface area contributed by atoms with E-state index in [4.69, 9.17) is 10.6 Å². The van der Waals surface area contributed by atoms with Gasteiger partial charge in [0.1, 0.15) is 5.82 Å². The minimum Gasteiger partial charge on any atom is -0.383 e. The standard InChI is InChI=1S/C10H17N3O/c1-7(2)4-8-5-9(13-14-3)6-12-10(8)11/h5-7,13H,4H2,1-3H3,(H2,11,12). The van der Waals surface area contributed by atoms with E-state index in [0.29, 0.717) is 11.7 Å². The summed E-state index contributed by atoms with van der Waals surface area (Å²) in [5.74, 6) is 1.16. The molecule has 1 rings (SSSR count). The van der Waals surface area contributed by atoms with Crippen molar-refractivity contribution in [1.29, 1.82) is 0 Å². The molecule has 0 aliphatic heterocycles. The van der Waals surface area contributed by atoms with Crippen molar-refractivity contribution in [3.05, 3.63) is 17.8 Å². The van der Waals surface area contributed by atoms with Gasteiger partial charge in [0.15, 0.2) is 0 Å². The summed E-state index contributed by atoms with van der Waals surface area (Å²) in [4.78, 5) is 8.88. The number of rotatable bonds is 4. The van der Waals surface area contributed by atoms with E-state index < -0.39 is 0 Å². The molecule has 1 heterocycles. The maximum Gasteiger partial charge on any atom is 0.126 e. The minimum absolute atomic E-state index is 0.567. The van der Waals surface area contributed by atoms with E-state index in [9.17, 15) is 0 Å². The van der Waals surface area contributed by atoms with Gasteiger partial charge in [0.25, 0.3) is 0 Å². The molecule has 3 N–H and O–H groups in total. The lowest BCUT2D eigenvalue weighted by Gasteiger charge is -2.10. The van der Waals surface area contributed by atoms with E-state index in [0.717, 1.165) is 17.7 Å². The van der Waals surface area contributed by atoms with Gasteiger partial charge in [-0.15, -0.1) is 0 Å². The Morgan fingerprint density at radius 1 is 1.57 bits per heavy atom. The van der Waals surface area contributed by atoms with Gasteiger partial charge in [-0.25, -0.2) is 4.98 Å². The molecule has 0 unspecified atom stereocenters. The zero-order chi connectivity index (χ0) is 10.6. The summed E-state index contributed by atoms with van der Waals surface area (Å²) in [7, 11) is 1.57. The molecule has 14 heavy (non-hydrogen) atoms. The van der Waals surface area contributed by atoms with Crippen LogP contribution in [0.15, 0.2) is 12.3 Å². The maximum atomic E-state index is 5.75. The average molecular weight is 195 g/mol. The van der Waals surface area contributed by atoms with Crippen molar-refractivity contribution >= 4 is 11.5 Å². The number of nitrogen functional groups attached to an aromatic ring is 1. The zero-order valence-corrected chi connectivity index (χ0v) is 8.87. The van der Waals surface area contributed by atoms with Crippen molar-refractivity contribution in [2.45, 2.75) is 20.3 Å². The Kier molecular flexibility index (Phi) is 3.71. The highest BCUT2D eigenvalue weighted by Crippen LogP contribution is 2.18. The smallest absolute Gasteiger partial charge is 0.126 e. The molecule has 0 radical (unpaired) electrons. The van der Waals surface area contributed by atoms with Gasteiger partial charge >= 0.3 is 0 Å². The number of hydrogen-bond donors (Lipinski definition) is 2. The Hall–Kier alpha value is -1.29. The Morgan fingerprint density at radius 3 is 2.86 bits per heavy atom. The number of anilines is 2. The topological polar surface area (TPSA) is 60.2 Å². The Labute approximate surface area is 84.4 Å². The number of nitrogens with one attached hydrogen (secondary N) is 1. The van der Waals surface area contributed by atoms with Gasteiger partial charge in [-0.3, -0.25) is 10.3 Å². The number of nitrogens with two attached hydrogens (primary N) is 1. The van der Waals surface area contributed by atoms with Crippen molar-refractivity contribution in [1.82, 2.24) is 4.98 Å². The van der Waals surface area contributed by atoms with Crippen molar-refractivity contribution in [2.75, 3.05) is 18.3 Å². The molecular formula is C10H17N3O. The normalized spacial score (nSPS) is 10.6. The molecule has 4 heteroatoms. The third-order valence-electron chi connectivity index (χ3n) is 1.85. The van der Waals surface area contributed by atoms with Crippen LogP contribution in [0, 0.1) is 5.92 Å². The van der Waals surface area contributed by atoms with Crippen LogP contribution in [0.25, 0.3) is 0 Å². The minimum atomic E-state index is 0.567. The molecule has 0 aromatic carbocycles. The van der Waals surface area contributed by atoms with E-state index in [-0.39, 0.29) is 0 Å². The predicted molar refractivity (Wildman–Crippen MR) is 57.8 cm³/mol. The maximum absolute atomic E-state index is 5.75. The lowest BCUT2D eigenvalue weighted by atomic mass is 10.0. The van der Waals surface area contributed by atoms with Crippen LogP contribution in [0.2, 0.25) is 0 Å². The summed E-state index contributed by atoms with van der Waals surface area (Å²) in [6.07, 6.45) is 2.58. The summed E-state index contributed by atoms with van der Waals surface area (Å²) >= 11 is 0. The van der Waals surface area contributed by atoms with E-state index in [1.54, 1.807) is 13.3 Å². The number of hydrogen-bond acceptors (Lipinski definition) is 4. The van der Waals surface area contributed by atoms with Crippen molar-refractivity contribution < 1.29 is 4.84 Å². The second-order valence-corrected chi connectivity index (χ2v) is 3.67. The van der Waals surface area contributed by atoms with Gasteiger partial charge < -0.3 is 5.73 Å². The van der Waals surface area contributed by atoms with Crippen LogP contribution in [0.3, 0.4) is 0 Å². The molecule has 0 bridgehead atoms. The fourth-order valence-corrected chi connectivity index (χ4v) is 1.30. The third-order valence-corrected chi connectivity index (χ3v) is 1.85. The Bertz CT molecular complexity index is 299. The van der Waals surface area contributed by atoms with Crippen molar-refractivity contribution in [2.24, 2.45) is 5.92 Å².